The van der Waals surface area contributed by atoms with Crippen molar-refractivity contribution >= 4 is 50.1 Å². The first-order valence-electron chi connectivity index (χ1n) is 4.88. The maximum atomic E-state index is 11.7. The predicted octanol–water partition coefficient (Wildman–Crippen LogP) is 1.79. The van der Waals surface area contributed by atoms with Crippen LogP contribution in [0.15, 0.2) is 18.2 Å². The second-order valence-electron chi connectivity index (χ2n) is 3.66. The van der Waals surface area contributed by atoms with Crippen LogP contribution in [0.2, 0.25) is 5.02 Å². The molecule has 1 aromatic rings. The fraction of sp³-hybridized carbons (Fsp3) is 0.200. The summed E-state index contributed by atoms with van der Waals surface area (Å²) in [6.45, 7) is 0. The number of rotatable bonds is 2. The summed E-state index contributed by atoms with van der Waals surface area (Å²) in [4.78, 5) is 22.6. The van der Waals surface area contributed by atoms with Gasteiger partial charge >= 0.3 is 0 Å². The van der Waals surface area contributed by atoms with Crippen LogP contribution >= 0.6 is 23.2 Å². The number of sulfonamides is 1. The number of halogens is 2. The highest BCUT2D eigenvalue weighted by Gasteiger charge is 2.37. The van der Waals surface area contributed by atoms with Crippen molar-refractivity contribution in [2.24, 2.45) is 0 Å². The molecule has 0 N–H and O–H groups in total. The molecule has 1 saturated heterocycles. The van der Waals surface area contributed by atoms with Gasteiger partial charge in [0.1, 0.15) is 0 Å². The molecule has 1 amide bonds. The van der Waals surface area contributed by atoms with E-state index >= 15 is 0 Å². The molecule has 0 radical (unpaired) electrons. The summed E-state index contributed by atoms with van der Waals surface area (Å²) in [5.41, 5.74) is 0.0385. The molecule has 1 aliphatic rings. The maximum absolute atomic E-state index is 11.7. The van der Waals surface area contributed by atoms with Crippen molar-refractivity contribution in [2.75, 3.05) is 10.1 Å². The molecule has 0 aliphatic carbocycles. The molecule has 0 saturated carbocycles. The second kappa shape index (κ2) is 4.53. The highest BCUT2D eigenvalue weighted by atomic mass is 35.5. The van der Waals surface area contributed by atoms with Crippen LogP contribution in [0, 0.1) is 0 Å². The molecule has 2 rings (SSSR count). The van der Waals surface area contributed by atoms with E-state index in [2.05, 4.69) is 0 Å². The third-order valence-corrected chi connectivity index (χ3v) is 4.68. The number of amides is 1. The highest BCUT2D eigenvalue weighted by Crippen LogP contribution is 2.33. The molecule has 0 bridgehead atoms. The van der Waals surface area contributed by atoms with Gasteiger partial charge in [0.15, 0.2) is 0 Å². The zero-order valence-corrected chi connectivity index (χ0v) is 11.2. The van der Waals surface area contributed by atoms with Crippen molar-refractivity contribution in [3.8, 4) is 0 Å². The Morgan fingerprint density at radius 2 is 2.00 bits per heavy atom. The molecule has 0 atom stereocenters. The zero-order chi connectivity index (χ0) is 13.5. The minimum absolute atomic E-state index is 0.0364. The van der Waals surface area contributed by atoms with Gasteiger partial charge in [0, 0.05) is 12.0 Å². The number of benzene rings is 1. The number of anilines is 1. The summed E-state index contributed by atoms with van der Waals surface area (Å²) in [6, 6.07) is 3.88. The van der Waals surface area contributed by atoms with Crippen molar-refractivity contribution in [3.05, 3.63) is 28.8 Å². The van der Waals surface area contributed by atoms with Gasteiger partial charge in [-0.05, 0) is 29.8 Å². The van der Waals surface area contributed by atoms with Crippen LogP contribution in [0.25, 0.3) is 0 Å². The first-order valence-corrected chi connectivity index (χ1v) is 7.24. The van der Waals surface area contributed by atoms with Crippen molar-refractivity contribution in [1.29, 1.82) is 0 Å². The average Bonchev–Trinajstić information content (AvgIpc) is 2.54. The Hall–Kier alpha value is -1.11. The quantitative estimate of drug-likeness (QED) is 0.781. The summed E-state index contributed by atoms with van der Waals surface area (Å²) in [6.07, 6.45) is -0.0995. The topological polar surface area (TPSA) is 71.5 Å². The highest BCUT2D eigenvalue weighted by molar-refractivity contribution is 7.94. The lowest BCUT2D eigenvalue weighted by molar-refractivity contribution is -0.116. The predicted molar refractivity (Wildman–Crippen MR) is 67.5 cm³/mol. The monoisotopic (exact) mass is 307 g/mol. The summed E-state index contributed by atoms with van der Waals surface area (Å²) in [5, 5.41) is -0.688. The Morgan fingerprint density at radius 1 is 1.33 bits per heavy atom. The third kappa shape index (κ3) is 2.23. The molecule has 0 unspecified atom stereocenters. The molecule has 0 aromatic heterocycles. The Balaban J connectivity index is 2.60. The smallest absolute Gasteiger partial charge is 0.252 e. The van der Waals surface area contributed by atoms with Gasteiger partial charge in [0.05, 0.1) is 16.5 Å². The molecular formula is C10H7Cl2NO4S. The normalized spacial score (nSPS) is 18.1. The average molecular weight is 308 g/mol. The van der Waals surface area contributed by atoms with Crippen LogP contribution in [0.4, 0.5) is 5.69 Å². The Morgan fingerprint density at radius 3 is 2.50 bits per heavy atom. The molecule has 1 aliphatic heterocycles. The lowest BCUT2D eigenvalue weighted by Crippen LogP contribution is -2.29. The first kappa shape index (κ1) is 13.3. The lowest BCUT2D eigenvalue weighted by Gasteiger charge is -2.16. The van der Waals surface area contributed by atoms with E-state index in [-0.39, 0.29) is 28.4 Å². The Labute approximate surface area is 113 Å². The van der Waals surface area contributed by atoms with Gasteiger partial charge in [-0.2, -0.15) is 0 Å². The minimum Gasteiger partial charge on any atom is -0.276 e. The number of carbonyl (C=O) groups is 2. The molecule has 96 valence electrons. The van der Waals surface area contributed by atoms with Crippen molar-refractivity contribution in [2.45, 2.75) is 6.42 Å². The van der Waals surface area contributed by atoms with E-state index < -0.39 is 21.2 Å². The van der Waals surface area contributed by atoms with E-state index in [1.165, 1.54) is 18.2 Å². The maximum Gasteiger partial charge on any atom is 0.252 e. The molecule has 8 heteroatoms. The van der Waals surface area contributed by atoms with Gasteiger partial charge in [-0.3, -0.25) is 9.59 Å². The molecule has 1 fully saturated rings. The molecule has 1 heterocycles. The van der Waals surface area contributed by atoms with E-state index in [9.17, 15) is 18.0 Å². The largest absolute Gasteiger partial charge is 0.276 e. The molecule has 1 aromatic carbocycles. The van der Waals surface area contributed by atoms with Gasteiger partial charge in [-0.25, -0.2) is 12.7 Å². The second-order valence-corrected chi connectivity index (χ2v) is 6.35. The minimum atomic E-state index is -3.71. The van der Waals surface area contributed by atoms with Crippen LogP contribution in [0.5, 0.6) is 0 Å². The fourth-order valence-corrected chi connectivity index (χ4v) is 3.48. The Kier molecular flexibility index (Phi) is 3.35. The van der Waals surface area contributed by atoms with Gasteiger partial charge in [-0.1, -0.05) is 11.6 Å². The standard InChI is InChI=1S/C10H7Cl2NO4S/c11-7-2-1-6(10(12)15)5-8(7)13-9(14)3-4-18(13,16)17/h1-2,5H,3-4H2. The molecule has 5 nitrogen and oxygen atoms in total. The van der Waals surface area contributed by atoms with Gasteiger partial charge in [0.2, 0.25) is 15.9 Å². The van der Waals surface area contributed by atoms with Crippen LogP contribution in [0.1, 0.15) is 16.8 Å². The van der Waals surface area contributed by atoms with E-state index in [4.69, 9.17) is 23.2 Å². The third-order valence-electron chi connectivity index (χ3n) is 2.47. The van der Waals surface area contributed by atoms with Gasteiger partial charge < -0.3 is 0 Å². The number of hydrogen-bond donors (Lipinski definition) is 0. The van der Waals surface area contributed by atoms with Crippen molar-refractivity contribution < 1.29 is 18.0 Å². The number of nitrogens with zero attached hydrogens (tertiary/aromatic N) is 1. The summed E-state index contributed by atoms with van der Waals surface area (Å²) in [7, 11) is -3.71. The molecule has 18 heavy (non-hydrogen) atoms. The van der Waals surface area contributed by atoms with E-state index in [1.807, 2.05) is 0 Å². The molecule has 0 spiro atoms. The fourth-order valence-electron chi connectivity index (χ4n) is 1.64. The van der Waals surface area contributed by atoms with E-state index in [0.717, 1.165) is 0 Å². The summed E-state index contributed by atoms with van der Waals surface area (Å²) >= 11 is 11.2. The lowest BCUT2D eigenvalue weighted by atomic mass is 10.2. The summed E-state index contributed by atoms with van der Waals surface area (Å²) < 4.78 is 24.1. The first-order chi connectivity index (χ1) is 8.33. The van der Waals surface area contributed by atoms with Gasteiger partial charge in [-0.15, -0.1) is 0 Å². The van der Waals surface area contributed by atoms with Crippen LogP contribution in [0.3, 0.4) is 0 Å². The van der Waals surface area contributed by atoms with Crippen molar-refractivity contribution in [1.82, 2.24) is 0 Å². The van der Waals surface area contributed by atoms with Crippen LogP contribution < -0.4 is 4.31 Å². The number of carbonyl (C=O) groups excluding carboxylic acids is 2. The van der Waals surface area contributed by atoms with Gasteiger partial charge in [0.25, 0.3) is 5.24 Å². The molecular weight excluding hydrogens is 301 g/mol. The zero-order valence-electron chi connectivity index (χ0n) is 8.89. The number of hydrogen-bond acceptors (Lipinski definition) is 4. The SMILES string of the molecule is O=C(Cl)c1ccc(Cl)c(N2C(=O)CCS2(=O)=O)c1. The van der Waals surface area contributed by atoms with Crippen LogP contribution in [-0.4, -0.2) is 25.3 Å². The van der Waals surface area contributed by atoms with Crippen molar-refractivity contribution in [3.63, 3.8) is 0 Å². The van der Waals surface area contributed by atoms with Crippen LogP contribution in [-0.2, 0) is 14.8 Å². The van der Waals surface area contributed by atoms with E-state index in [1.54, 1.807) is 0 Å². The Bertz CT molecular complexity index is 641. The van der Waals surface area contributed by atoms with E-state index in [0.29, 0.717) is 4.31 Å². The summed E-state index contributed by atoms with van der Waals surface area (Å²) in [5.74, 6) is -0.836.